The number of aryl methyl sites for hydroxylation is 2. The smallest absolute Gasteiger partial charge is 0.150 e. The predicted octanol–water partition coefficient (Wildman–Crippen LogP) is 4.56. The van der Waals surface area contributed by atoms with Crippen molar-refractivity contribution in [1.82, 2.24) is 0 Å². The van der Waals surface area contributed by atoms with Crippen LogP contribution in [0.4, 0.5) is 0 Å². The average Bonchev–Trinajstić information content (AvgIpc) is 2.30. The molecule has 2 aromatic rings. The van der Waals surface area contributed by atoms with Gasteiger partial charge in [0.2, 0.25) is 0 Å². The molecule has 0 aliphatic rings. The Bertz CT molecular complexity index is 571. The minimum Gasteiger partial charge on any atom is -0.456 e. The zero-order valence-electron chi connectivity index (χ0n) is 10.2. The molecule has 0 amide bonds. The molecule has 0 saturated carbocycles. The summed E-state index contributed by atoms with van der Waals surface area (Å²) in [6.45, 7) is 4.02. The number of ether oxygens (including phenoxy) is 1. The summed E-state index contributed by atoms with van der Waals surface area (Å²) in [5, 5.41) is 0.429. The first-order valence-electron chi connectivity index (χ1n) is 5.59. The molecule has 2 rings (SSSR count). The van der Waals surface area contributed by atoms with Gasteiger partial charge >= 0.3 is 0 Å². The van der Waals surface area contributed by atoms with Gasteiger partial charge in [-0.1, -0.05) is 17.7 Å². The highest BCUT2D eigenvalue weighted by Gasteiger charge is 2.05. The maximum atomic E-state index is 10.6. The molecule has 0 N–H and O–H groups in total. The molecule has 0 atom stereocenters. The van der Waals surface area contributed by atoms with Crippen LogP contribution in [0.2, 0.25) is 5.02 Å². The van der Waals surface area contributed by atoms with Gasteiger partial charge in [0, 0.05) is 5.56 Å². The van der Waals surface area contributed by atoms with E-state index in [2.05, 4.69) is 6.07 Å². The van der Waals surface area contributed by atoms with Crippen molar-refractivity contribution in [3.05, 3.63) is 58.1 Å². The number of aldehydes is 1. The molecule has 2 aromatic carbocycles. The van der Waals surface area contributed by atoms with Gasteiger partial charge in [0.1, 0.15) is 17.8 Å². The molecule has 0 fully saturated rings. The van der Waals surface area contributed by atoms with Crippen molar-refractivity contribution in [2.75, 3.05) is 0 Å². The van der Waals surface area contributed by atoms with Crippen molar-refractivity contribution >= 4 is 17.9 Å². The van der Waals surface area contributed by atoms with E-state index in [0.29, 0.717) is 16.3 Å². The number of hydrogen-bond acceptors (Lipinski definition) is 2. The zero-order valence-corrected chi connectivity index (χ0v) is 11.0. The number of carbonyl (C=O) groups is 1. The molecule has 0 unspecified atom stereocenters. The second-order valence-electron chi connectivity index (χ2n) is 4.23. The van der Waals surface area contributed by atoms with Crippen molar-refractivity contribution in [2.24, 2.45) is 0 Å². The van der Waals surface area contributed by atoms with Crippen molar-refractivity contribution < 1.29 is 9.53 Å². The first-order chi connectivity index (χ1) is 8.58. The lowest BCUT2D eigenvalue weighted by molar-refractivity contribution is 0.112. The van der Waals surface area contributed by atoms with Crippen LogP contribution in [-0.2, 0) is 0 Å². The van der Waals surface area contributed by atoms with Gasteiger partial charge in [-0.3, -0.25) is 4.79 Å². The van der Waals surface area contributed by atoms with Crippen LogP contribution < -0.4 is 4.74 Å². The summed E-state index contributed by atoms with van der Waals surface area (Å²) in [4.78, 5) is 10.6. The fraction of sp³-hybridized carbons (Fsp3) is 0.133. The third-order valence-electron chi connectivity index (χ3n) is 2.52. The van der Waals surface area contributed by atoms with Gasteiger partial charge in [0.15, 0.2) is 0 Å². The van der Waals surface area contributed by atoms with E-state index in [1.165, 1.54) is 0 Å². The van der Waals surface area contributed by atoms with Crippen LogP contribution in [0.5, 0.6) is 11.5 Å². The van der Waals surface area contributed by atoms with Crippen LogP contribution in [0.15, 0.2) is 36.4 Å². The first-order valence-corrected chi connectivity index (χ1v) is 5.97. The van der Waals surface area contributed by atoms with Crippen LogP contribution in [0.25, 0.3) is 0 Å². The van der Waals surface area contributed by atoms with Crippen LogP contribution in [0.1, 0.15) is 21.5 Å². The molecule has 0 heterocycles. The molecule has 0 saturated heterocycles. The van der Waals surface area contributed by atoms with Gasteiger partial charge in [-0.25, -0.2) is 0 Å². The average molecular weight is 261 g/mol. The largest absolute Gasteiger partial charge is 0.456 e. The minimum absolute atomic E-state index is 0.429. The SMILES string of the molecule is Cc1cc(C)cc(Oc2ccc(C=O)cc2Cl)c1. The minimum atomic E-state index is 0.429. The normalized spacial score (nSPS) is 10.2. The van der Waals surface area contributed by atoms with Crippen molar-refractivity contribution in [3.8, 4) is 11.5 Å². The zero-order chi connectivity index (χ0) is 13.1. The summed E-state index contributed by atoms with van der Waals surface area (Å²) in [7, 11) is 0. The number of halogens is 1. The third-order valence-corrected chi connectivity index (χ3v) is 2.81. The highest BCUT2D eigenvalue weighted by molar-refractivity contribution is 6.32. The van der Waals surface area contributed by atoms with Crippen molar-refractivity contribution in [2.45, 2.75) is 13.8 Å². The maximum absolute atomic E-state index is 10.6. The summed E-state index contributed by atoms with van der Waals surface area (Å²) in [6, 6.07) is 10.9. The molecule has 2 nitrogen and oxygen atoms in total. The maximum Gasteiger partial charge on any atom is 0.150 e. The van der Waals surface area contributed by atoms with Gasteiger partial charge in [0.25, 0.3) is 0 Å². The van der Waals surface area contributed by atoms with E-state index in [9.17, 15) is 4.79 Å². The molecule has 3 heteroatoms. The quantitative estimate of drug-likeness (QED) is 0.756. The Morgan fingerprint density at radius 1 is 1.06 bits per heavy atom. The van der Waals surface area contributed by atoms with Gasteiger partial charge in [-0.15, -0.1) is 0 Å². The fourth-order valence-electron chi connectivity index (χ4n) is 1.79. The number of rotatable bonds is 3. The van der Waals surface area contributed by atoms with E-state index in [1.54, 1.807) is 18.2 Å². The molecular weight excluding hydrogens is 248 g/mol. The summed E-state index contributed by atoms with van der Waals surface area (Å²) in [6.07, 6.45) is 0.756. The van der Waals surface area contributed by atoms with Gasteiger partial charge in [0.05, 0.1) is 5.02 Å². The third kappa shape index (κ3) is 2.90. The van der Waals surface area contributed by atoms with Gasteiger partial charge < -0.3 is 4.74 Å². The van der Waals surface area contributed by atoms with E-state index >= 15 is 0 Å². The second kappa shape index (κ2) is 5.23. The summed E-state index contributed by atoms with van der Waals surface area (Å²) in [5.41, 5.74) is 2.80. The van der Waals surface area contributed by atoms with Crippen molar-refractivity contribution in [1.29, 1.82) is 0 Å². The van der Waals surface area contributed by atoms with E-state index in [1.807, 2.05) is 26.0 Å². The first kappa shape index (κ1) is 12.7. The Kier molecular flexibility index (Phi) is 3.68. The van der Waals surface area contributed by atoms with Gasteiger partial charge in [-0.2, -0.15) is 0 Å². The second-order valence-corrected chi connectivity index (χ2v) is 4.64. The summed E-state index contributed by atoms with van der Waals surface area (Å²) >= 11 is 6.05. The van der Waals surface area contributed by atoms with Crippen LogP contribution >= 0.6 is 11.6 Å². The topological polar surface area (TPSA) is 26.3 Å². The molecule has 0 spiro atoms. The van der Waals surface area contributed by atoms with E-state index in [0.717, 1.165) is 23.2 Å². The molecule has 18 heavy (non-hydrogen) atoms. The summed E-state index contributed by atoms with van der Waals surface area (Å²) < 4.78 is 5.72. The Morgan fingerprint density at radius 2 is 1.72 bits per heavy atom. The van der Waals surface area contributed by atoms with Crippen LogP contribution in [0, 0.1) is 13.8 Å². The Morgan fingerprint density at radius 3 is 2.28 bits per heavy atom. The fourth-order valence-corrected chi connectivity index (χ4v) is 2.02. The Hall–Kier alpha value is -1.80. The number of carbonyl (C=O) groups excluding carboxylic acids is 1. The Labute approximate surface area is 111 Å². The lowest BCUT2D eigenvalue weighted by atomic mass is 10.1. The Balaban J connectivity index is 2.31. The van der Waals surface area contributed by atoms with E-state index in [4.69, 9.17) is 16.3 Å². The highest BCUT2D eigenvalue weighted by Crippen LogP contribution is 2.30. The van der Waals surface area contributed by atoms with Crippen LogP contribution in [-0.4, -0.2) is 6.29 Å². The van der Waals surface area contributed by atoms with Crippen molar-refractivity contribution in [3.63, 3.8) is 0 Å². The molecule has 0 aliphatic heterocycles. The highest BCUT2D eigenvalue weighted by atomic mass is 35.5. The van der Waals surface area contributed by atoms with Gasteiger partial charge in [-0.05, 0) is 55.3 Å². The standard InChI is InChI=1S/C15H13ClO2/c1-10-5-11(2)7-13(6-10)18-15-4-3-12(9-17)8-14(15)16/h3-9H,1-2H3. The molecule has 0 radical (unpaired) electrons. The van der Waals surface area contributed by atoms with Crippen LogP contribution in [0.3, 0.4) is 0 Å². The molecule has 0 aliphatic carbocycles. The monoisotopic (exact) mass is 260 g/mol. The lowest BCUT2D eigenvalue weighted by Gasteiger charge is -2.09. The summed E-state index contributed by atoms with van der Waals surface area (Å²) in [5.74, 6) is 1.29. The molecular formula is C15H13ClO2. The molecule has 92 valence electrons. The number of benzene rings is 2. The predicted molar refractivity (Wildman–Crippen MR) is 72.8 cm³/mol. The number of hydrogen-bond donors (Lipinski definition) is 0. The lowest BCUT2D eigenvalue weighted by Crippen LogP contribution is -1.89. The van der Waals surface area contributed by atoms with E-state index in [-0.39, 0.29) is 0 Å². The molecule has 0 aromatic heterocycles. The van der Waals surface area contributed by atoms with E-state index < -0.39 is 0 Å². The molecule has 0 bridgehead atoms.